The van der Waals surface area contributed by atoms with Gasteiger partial charge in [0.25, 0.3) is 5.56 Å². The second-order valence-corrected chi connectivity index (χ2v) is 6.94. The third-order valence-corrected chi connectivity index (χ3v) is 5.19. The van der Waals surface area contributed by atoms with Gasteiger partial charge in [-0.1, -0.05) is 6.07 Å². The highest BCUT2D eigenvalue weighted by Crippen LogP contribution is 2.08. The van der Waals surface area contributed by atoms with E-state index in [1.54, 1.807) is 23.0 Å². The number of hydrogen-bond acceptors (Lipinski definition) is 6. The van der Waals surface area contributed by atoms with Gasteiger partial charge in [-0.15, -0.1) is 0 Å². The Bertz CT molecular complexity index is 1030. The van der Waals surface area contributed by atoms with Crippen molar-refractivity contribution in [3.8, 4) is 0 Å². The minimum atomic E-state index is -0.0336. The molecule has 0 amide bonds. The fourth-order valence-electron chi connectivity index (χ4n) is 3.21. The van der Waals surface area contributed by atoms with E-state index in [2.05, 4.69) is 19.9 Å². The quantitative estimate of drug-likeness (QED) is 0.630. The lowest BCUT2D eigenvalue weighted by molar-refractivity contribution is 0.0973. The highest BCUT2D eigenvalue weighted by molar-refractivity contribution is 7.71. The zero-order valence-electron chi connectivity index (χ0n) is 14.7. The van der Waals surface area contributed by atoms with E-state index in [-0.39, 0.29) is 5.56 Å². The summed E-state index contributed by atoms with van der Waals surface area (Å²) in [6, 6.07) is 7.22. The van der Waals surface area contributed by atoms with Crippen LogP contribution in [-0.4, -0.2) is 59.7 Å². The molecule has 8 nitrogen and oxygen atoms in total. The van der Waals surface area contributed by atoms with Gasteiger partial charge in [0.05, 0.1) is 12.4 Å². The summed E-state index contributed by atoms with van der Waals surface area (Å²) >= 11 is 5.34. The summed E-state index contributed by atoms with van der Waals surface area (Å²) in [5.74, 6) is 0. The summed E-state index contributed by atoms with van der Waals surface area (Å²) in [7, 11) is 1.91. The van der Waals surface area contributed by atoms with Gasteiger partial charge in [-0.3, -0.25) is 19.0 Å². The molecular weight excluding hydrogens is 350 g/mol. The SMILES string of the molecule is Cn1cnn(CN2CCN(Cc3cc(=O)n4ccccc4n3)CC2)c1=S. The number of aryl methyl sites for hydroxylation is 1. The van der Waals surface area contributed by atoms with Gasteiger partial charge in [0.15, 0.2) is 4.77 Å². The van der Waals surface area contributed by atoms with Gasteiger partial charge in [0, 0.05) is 52.0 Å². The number of fused-ring (bicyclic) bond motifs is 1. The Balaban J connectivity index is 1.39. The molecule has 136 valence electrons. The molecular formula is C17H21N7OS. The van der Waals surface area contributed by atoms with Crippen molar-refractivity contribution in [3.05, 3.63) is 57.6 Å². The van der Waals surface area contributed by atoms with Crippen LogP contribution in [0, 0.1) is 4.77 Å². The Hall–Kier alpha value is -2.36. The summed E-state index contributed by atoms with van der Waals surface area (Å²) < 4.78 is 5.98. The van der Waals surface area contributed by atoms with E-state index in [1.165, 1.54) is 0 Å². The number of pyridine rings is 1. The first-order chi connectivity index (χ1) is 12.6. The Kier molecular flexibility index (Phi) is 4.66. The molecule has 0 unspecified atom stereocenters. The average Bonchev–Trinajstić information content (AvgIpc) is 2.95. The summed E-state index contributed by atoms with van der Waals surface area (Å²) in [5, 5.41) is 4.31. The number of rotatable bonds is 4. The molecule has 9 heteroatoms. The number of piperazine rings is 1. The van der Waals surface area contributed by atoms with Gasteiger partial charge in [-0.25, -0.2) is 9.67 Å². The van der Waals surface area contributed by atoms with E-state index in [0.29, 0.717) is 18.9 Å². The molecule has 4 rings (SSSR count). The second-order valence-electron chi connectivity index (χ2n) is 6.57. The Labute approximate surface area is 155 Å². The van der Waals surface area contributed by atoms with E-state index in [4.69, 9.17) is 12.2 Å². The number of aromatic nitrogens is 5. The van der Waals surface area contributed by atoms with Crippen LogP contribution in [0.2, 0.25) is 0 Å². The summed E-state index contributed by atoms with van der Waals surface area (Å²) in [6.45, 7) is 5.13. The first kappa shape index (κ1) is 17.1. The molecule has 0 N–H and O–H groups in total. The predicted molar refractivity (Wildman–Crippen MR) is 100 cm³/mol. The van der Waals surface area contributed by atoms with Gasteiger partial charge in [0.2, 0.25) is 0 Å². The molecule has 0 atom stereocenters. The maximum absolute atomic E-state index is 12.2. The van der Waals surface area contributed by atoms with Crippen LogP contribution in [0.25, 0.3) is 5.65 Å². The highest BCUT2D eigenvalue weighted by Gasteiger charge is 2.18. The standard InChI is InChI=1S/C17H21N7OS/c1-20-12-18-24(17(20)26)13-22-8-6-21(7-9-22)11-14-10-16(25)23-5-3-2-4-15(23)19-14/h2-5,10,12H,6-9,11,13H2,1H3. The molecule has 0 radical (unpaired) electrons. The van der Waals surface area contributed by atoms with Crippen molar-refractivity contribution < 1.29 is 0 Å². The lowest BCUT2D eigenvalue weighted by Gasteiger charge is -2.34. The Morgan fingerprint density at radius 1 is 1.15 bits per heavy atom. The van der Waals surface area contributed by atoms with Crippen molar-refractivity contribution in [1.82, 2.24) is 33.5 Å². The average molecular weight is 371 g/mol. The van der Waals surface area contributed by atoms with Crippen LogP contribution in [0.5, 0.6) is 0 Å². The molecule has 3 aromatic rings. The highest BCUT2D eigenvalue weighted by atomic mass is 32.1. The topological polar surface area (TPSA) is 63.6 Å². The summed E-state index contributed by atoms with van der Waals surface area (Å²) in [4.78, 5) is 21.5. The zero-order chi connectivity index (χ0) is 18.1. The van der Waals surface area contributed by atoms with Crippen molar-refractivity contribution in [1.29, 1.82) is 0 Å². The normalized spacial score (nSPS) is 16.3. The fraction of sp³-hybridized carbons (Fsp3) is 0.412. The van der Waals surface area contributed by atoms with Crippen LogP contribution >= 0.6 is 12.2 Å². The molecule has 0 bridgehead atoms. The molecule has 0 aromatic carbocycles. The smallest absolute Gasteiger partial charge is 0.258 e. The van der Waals surface area contributed by atoms with E-state index in [1.807, 2.05) is 34.5 Å². The van der Waals surface area contributed by atoms with Crippen molar-refractivity contribution in [2.75, 3.05) is 26.2 Å². The number of hydrogen-bond donors (Lipinski definition) is 0. The van der Waals surface area contributed by atoms with Crippen molar-refractivity contribution in [3.63, 3.8) is 0 Å². The lowest BCUT2D eigenvalue weighted by Crippen LogP contribution is -2.46. The van der Waals surface area contributed by atoms with E-state index in [0.717, 1.165) is 36.6 Å². The predicted octanol–water partition coefficient (Wildman–Crippen LogP) is 0.734. The van der Waals surface area contributed by atoms with Crippen LogP contribution < -0.4 is 5.56 Å². The first-order valence-corrected chi connectivity index (χ1v) is 9.01. The van der Waals surface area contributed by atoms with Gasteiger partial charge < -0.3 is 4.57 Å². The van der Waals surface area contributed by atoms with Gasteiger partial charge in [0.1, 0.15) is 12.0 Å². The molecule has 1 aliphatic rings. The van der Waals surface area contributed by atoms with Crippen molar-refractivity contribution in [2.45, 2.75) is 13.2 Å². The van der Waals surface area contributed by atoms with Gasteiger partial charge >= 0.3 is 0 Å². The maximum atomic E-state index is 12.2. The van der Waals surface area contributed by atoms with Crippen LogP contribution in [0.3, 0.4) is 0 Å². The van der Waals surface area contributed by atoms with Gasteiger partial charge in [-0.05, 0) is 24.4 Å². The minimum Gasteiger partial charge on any atom is -0.310 e. The van der Waals surface area contributed by atoms with E-state index in [9.17, 15) is 4.79 Å². The number of nitrogens with zero attached hydrogens (tertiary/aromatic N) is 7. The maximum Gasteiger partial charge on any atom is 0.258 e. The molecule has 0 aliphatic carbocycles. The van der Waals surface area contributed by atoms with Gasteiger partial charge in [-0.2, -0.15) is 5.10 Å². The summed E-state index contributed by atoms with van der Waals surface area (Å²) in [5.41, 5.74) is 1.48. The molecule has 3 aromatic heterocycles. The largest absolute Gasteiger partial charge is 0.310 e. The Morgan fingerprint density at radius 2 is 1.92 bits per heavy atom. The second kappa shape index (κ2) is 7.10. The van der Waals surface area contributed by atoms with E-state index >= 15 is 0 Å². The van der Waals surface area contributed by atoms with Crippen molar-refractivity contribution in [2.24, 2.45) is 7.05 Å². The molecule has 1 aliphatic heterocycles. The zero-order valence-corrected chi connectivity index (χ0v) is 15.5. The molecule has 1 saturated heterocycles. The molecule has 26 heavy (non-hydrogen) atoms. The molecule has 1 fully saturated rings. The van der Waals surface area contributed by atoms with Crippen LogP contribution in [0.4, 0.5) is 0 Å². The van der Waals surface area contributed by atoms with E-state index < -0.39 is 0 Å². The fourth-order valence-corrected chi connectivity index (χ4v) is 3.36. The van der Waals surface area contributed by atoms with Crippen LogP contribution in [0.15, 0.2) is 41.6 Å². The molecule has 0 spiro atoms. The minimum absolute atomic E-state index is 0.0336. The van der Waals surface area contributed by atoms with Crippen molar-refractivity contribution >= 4 is 17.9 Å². The monoisotopic (exact) mass is 371 g/mol. The molecule has 0 saturated carbocycles. The Morgan fingerprint density at radius 3 is 2.65 bits per heavy atom. The van der Waals surface area contributed by atoms with Crippen LogP contribution in [-0.2, 0) is 20.3 Å². The molecule has 4 heterocycles. The first-order valence-electron chi connectivity index (χ1n) is 8.60. The lowest BCUT2D eigenvalue weighted by atomic mass is 10.3. The third kappa shape index (κ3) is 3.46. The van der Waals surface area contributed by atoms with Crippen LogP contribution in [0.1, 0.15) is 5.69 Å². The third-order valence-electron chi connectivity index (χ3n) is 4.70. The summed E-state index contributed by atoms with van der Waals surface area (Å²) in [6.07, 6.45) is 3.48.